The molecule has 0 radical (unpaired) electrons. The van der Waals surface area contributed by atoms with Crippen LogP contribution in [0.15, 0.2) is 5.38 Å². The highest BCUT2D eigenvalue weighted by Gasteiger charge is 2.25. The molecule has 5 nitrogen and oxygen atoms in total. The molecule has 2 heterocycles. The van der Waals surface area contributed by atoms with Gasteiger partial charge in [-0.25, -0.2) is 9.78 Å². The Morgan fingerprint density at radius 1 is 1.59 bits per heavy atom. The highest BCUT2D eigenvalue weighted by atomic mass is 32.2. The summed E-state index contributed by atoms with van der Waals surface area (Å²) in [7, 11) is 0. The van der Waals surface area contributed by atoms with Crippen molar-refractivity contribution in [3.63, 3.8) is 0 Å². The summed E-state index contributed by atoms with van der Waals surface area (Å²) in [5.41, 5.74) is -0.0576. The third-order valence-corrected chi connectivity index (χ3v) is 4.40. The molecule has 1 amide bonds. The summed E-state index contributed by atoms with van der Waals surface area (Å²) in [6.45, 7) is 3.48. The van der Waals surface area contributed by atoms with Gasteiger partial charge in [0.1, 0.15) is 0 Å². The topological polar surface area (TPSA) is 70.5 Å². The van der Waals surface area contributed by atoms with Crippen molar-refractivity contribution in [2.24, 2.45) is 0 Å². The molecule has 1 atom stereocenters. The lowest BCUT2D eigenvalue weighted by molar-refractivity contribution is 0.0691. The zero-order valence-corrected chi connectivity index (χ0v) is 10.9. The van der Waals surface area contributed by atoms with E-state index in [1.54, 1.807) is 4.90 Å². The predicted octanol–water partition coefficient (Wildman–Crippen LogP) is 1.42. The van der Waals surface area contributed by atoms with Crippen LogP contribution < -0.4 is 0 Å². The zero-order valence-electron chi connectivity index (χ0n) is 9.25. The number of rotatable bonds is 2. The van der Waals surface area contributed by atoms with Crippen molar-refractivity contribution in [3.8, 4) is 0 Å². The second kappa shape index (κ2) is 5.05. The largest absolute Gasteiger partial charge is 0.476 e. The maximum atomic E-state index is 12.1. The number of amides is 1. The van der Waals surface area contributed by atoms with Gasteiger partial charge in [-0.05, 0) is 0 Å². The fraction of sp³-hybridized carbons (Fsp3) is 0.500. The van der Waals surface area contributed by atoms with Crippen molar-refractivity contribution in [2.45, 2.75) is 12.2 Å². The molecule has 1 unspecified atom stereocenters. The summed E-state index contributed by atoms with van der Waals surface area (Å²) in [4.78, 5) is 28.3. The van der Waals surface area contributed by atoms with E-state index in [1.807, 2.05) is 11.8 Å². The molecule has 1 aromatic rings. The Hall–Kier alpha value is -1.08. The van der Waals surface area contributed by atoms with Crippen LogP contribution in [0, 0.1) is 0 Å². The first-order chi connectivity index (χ1) is 8.08. The van der Waals surface area contributed by atoms with Gasteiger partial charge in [-0.2, -0.15) is 11.8 Å². The number of carboxylic acid groups (broad SMARTS) is 1. The minimum atomic E-state index is -1.09. The first kappa shape index (κ1) is 12.4. The van der Waals surface area contributed by atoms with Crippen molar-refractivity contribution in [3.05, 3.63) is 16.1 Å². The first-order valence-corrected chi connectivity index (χ1v) is 7.10. The van der Waals surface area contributed by atoms with Gasteiger partial charge in [-0.15, -0.1) is 11.3 Å². The molecule has 1 aliphatic heterocycles. The molecule has 0 aromatic carbocycles. The fourth-order valence-electron chi connectivity index (χ4n) is 1.61. The normalized spacial score (nSPS) is 20.3. The fourth-order valence-corrected chi connectivity index (χ4v) is 3.38. The first-order valence-electron chi connectivity index (χ1n) is 5.17. The molecule has 92 valence electrons. The summed E-state index contributed by atoms with van der Waals surface area (Å²) in [5, 5.41) is 10.8. The monoisotopic (exact) mass is 272 g/mol. The molecule has 0 spiro atoms. The van der Waals surface area contributed by atoms with Crippen molar-refractivity contribution in [1.82, 2.24) is 9.88 Å². The van der Waals surface area contributed by atoms with Gasteiger partial charge in [-0.3, -0.25) is 4.79 Å². The number of hydrogen-bond acceptors (Lipinski definition) is 5. The minimum absolute atomic E-state index is 0.0576. The van der Waals surface area contributed by atoms with Crippen LogP contribution in [0.1, 0.15) is 27.2 Å². The Morgan fingerprint density at radius 3 is 2.94 bits per heavy atom. The minimum Gasteiger partial charge on any atom is -0.476 e. The molecular formula is C10H12N2O3S2. The zero-order chi connectivity index (χ0) is 12.4. The van der Waals surface area contributed by atoms with E-state index < -0.39 is 5.97 Å². The molecule has 1 fully saturated rings. The summed E-state index contributed by atoms with van der Waals surface area (Å²) in [6, 6.07) is 0. The van der Waals surface area contributed by atoms with Crippen molar-refractivity contribution in [2.75, 3.05) is 18.8 Å². The Bertz CT molecular complexity index is 447. The number of carbonyl (C=O) groups excluding carboxylic acids is 1. The average Bonchev–Trinajstić information content (AvgIpc) is 2.77. The lowest BCUT2D eigenvalue weighted by Crippen LogP contribution is -2.41. The van der Waals surface area contributed by atoms with Gasteiger partial charge >= 0.3 is 5.97 Å². The number of carbonyl (C=O) groups is 2. The summed E-state index contributed by atoms with van der Waals surface area (Å²) in [6.07, 6.45) is 0. The predicted molar refractivity (Wildman–Crippen MR) is 66.9 cm³/mol. The number of aromatic carboxylic acids is 1. The maximum Gasteiger partial charge on any atom is 0.355 e. The van der Waals surface area contributed by atoms with Gasteiger partial charge in [0, 0.05) is 29.5 Å². The molecule has 7 heteroatoms. The Balaban J connectivity index is 2.10. The highest BCUT2D eigenvalue weighted by molar-refractivity contribution is 7.99. The van der Waals surface area contributed by atoms with Crippen LogP contribution in [0.3, 0.4) is 0 Å². The molecule has 1 saturated heterocycles. The Labute approximate surface area is 107 Å². The molecule has 1 aromatic heterocycles. The number of hydrogen-bond donors (Lipinski definition) is 1. The van der Waals surface area contributed by atoms with E-state index in [4.69, 9.17) is 5.11 Å². The Morgan fingerprint density at radius 2 is 2.35 bits per heavy atom. The lowest BCUT2D eigenvalue weighted by Gasteiger charge is -2.29. The third kappa shape index (κ3) is 2.78. The van der Waals surface area contributed by atoms with E-state index in [9.17, 15) is 9.59 Å². The second-order valence-corrected chi connectivity index (χ2v) is 6.18. The molecule has 0 saturated carbocycles. The van der Waals surface area contributed by atoms with E-state index in [0.29, 0.717) is 18.3 Å². The van der Waals surface area contributed by atoms with Crippen LogP contribution in [0.25, 0.3) is 0 Å². The van der Waals surface area contributed by atoms with E-state index in [1.165, 1.54) is 5.38 Å². The highest BCUT2D eigenvalue weighted by Crippen LogP contribution is 2.20. The van der Waals surface area contributed by atoms with Gasteiger partial charge in [-0.1, -0.05) is 6.92 Å². The average molecular weight is 272 g/mol. The molecule has 2 rings (SSSR count). The second-order valence-electron chi connectivity index (χ2n) is 3.78. The van der Waals surface area contributed by atoms with Crippen molar-refractivity contribution in [1.29, 1.82) is 0 Å². The summed E-state index contributed by atoms with van der Waals surface area (Å²) in [5.74, 6) is -0.332. The number of thioether (sulfide) groups is 1. The van der Waals surface area contributed by atoms with E-state index in [2.05, 4.69) is 11.9 Å². The quantitative estimate of drug-likeness (QED) is 0.881. The summed E-state index contributed by atoms with van der Waals surface area (Å²) >= 11 is 2.93. The van der Waals surface area contributed by atoms with E-state index in [0.717, 1.165) is 17.1 Å². The molecule has 0 bridgehead atoms. The number of nitrogens with zero attached hydrogens (tertiary/aromatic N) is 2. The van der Waals surface area contributed by atoms with Crippen molar-refractivity contribution < 1.29 is 14.7 Å². The molecular weight excluding hydrogens is 260 g/mol. The summed E-state index contributed by atoms with van der Waals surface area (Å²) < 4.78 is 0. The molecule has 17 heavy (non-hydrogen) atoms. The van der Waals surface area contributed by atoms with Crippen molar-refractivity contribution >= 4 is 35.0 Å². The Kier molecular flexibility index (Phi) is 3.68. The van der Waals surface area contributed by atoms with Gasteiger partial charge < -0.3 is 10.0 Å². The van der Waals surface area contributed by atoms with Gasteiger partial charge in [0.15, 0.2) is 10.7 Å². The van der Waals surface area contributed by atoms with Crippen LogP contribution >= 0.6 is 23.1 Å². The van der Waals surface area contributed by atoms with Gasteiger partial charge in [0.25, 0.3) is 5.91 Å². The molecule has 1 N–H and O–H groups in total. The van der Waals surface area contributed by atoms with Gasteiger partial charge in [0.2, 0.25) is 0 Å². The van der Waals surface area contributed by atoms with Crippen LogP contribution in [0.4, 0.5) is 0 Å². The smallest absolute Gasteiger partial charge is 0.355 e. The van der Waals surface area contributed by atoms with Crippen LogP contribution in [0.2, 0.25) is 0 Å². The number of carboxylic acids is 1. The lowest BCUT2D eigenvalue weighted by atomic mass is 10.3. The molecule has 0 aliphatic carbocycles. The van der Waals surface area contributed by atoms with Crippen LogP contribution in [0.5, 0.6) is 0 Å². The number of thiazole rings is 1. The van der Waals surface area contributed by atoms with Crippen LogP contribution in [-0.4, -0.2) is 51.0 Å². The number of aromatic nitrogens is 1. The van der Waals surface area contributed by atoms with E-state index in [-0.39, 0.29) is 16.6 Å². The molecule has 1 aliphatic rings. The standard InChI is InChI=1S/C10H12N2O3S2/c1-6-4-12(2-3-16-6)9(13)8-11-7(5-17-8)10(14)15/h5-6H,2-4H2,1H3,(H,14,15). The maximum absolute atomic E-state index is 12.1. The van der Waals surface area contributed by atoms with Crippen LogP contribution in [-0.2, 0) is 0 Å². The third-order valence-electron chi connectivity index (χ3n) is 2.43. The van der Waals surface area contributed by atoms with Gasteiger partial charge in [0.05, 0.1) is 0 Å². The van der Waals surface area contributed by atoms with E-state index >= 15 is 0 Å². The SMILES string of the molecule is CC1CN(C(=O)c2nc(C(=O)O)cs2)CCS1.